The van der Waals surface area contributed by atoms with Crippen molar-refractivity contribution < 1.29 is 4.90 Å². The van der Waals surface area contributed by atoms with Crippen LogP contribution in [-0.4, -0.2) is 49.3 Å². The van der Waals surface area contributed by atoms with E-state index in [4.69, 9.17) is 12.2 Å². The zero-order valence-corrected chi connectivity index (χ0v) is 10.3. The van der Waals surface area contributed by atoms with Crippen molar-refractivity contribution in [3.63, 3.8) is 0 Å². The molecule has 0 aromatic heterocycles. The molecule has 1 atom stereocenters. The Labute approximate surface area is 92.4 Å². The van der Waals surface area contributed by atoms with E-state index in [0.29, 0.717) is 6.04 Å². The Morgan fingerprint density at radius 3 is 2.57 bits per heavy atom. The van der Waals surface area contributed by atoms with Crippen LogP contribution in [0.3, 0.4) is 0 Å². The maximum absolute atomic E-state index is 5.36. The highest BCUT2D eigenvalue weighted by Gasteiger charge is 2.19. The third-order valence-electron chi connectivity index (χ3n) is 2.89. The van der Waals surface area contributed by atoms with E-state index in [-0.39, 0.29) is 0 Å². The average molecular weight is 216 g/mol. The number of hydrogen-bond acceptors (Lipinski definition) is 1. The Morgan fingerprint density at radius 1 is 1.50 bits per heavy atom. The lowest BCUT2D eigenvalue weighted by Gasteiger charge is -2.33. The van der Waals surface area contributed by atoms with Crippen molar-refractivity contribution in [3.05, 3.63) is 0 Å². The molecule has 1 fully saturated rings. The normalized spacial score (nSPS) is 20.6. The second-order valence-corrected chi connectivity index (χ2v) is 4.59. The summed E-state index contributed by atoms with van der Waals surface area (Å²) in [5.74, 6) is 0. The first-order valence-corrected chi connectivity index (χ1v) is 5.91. The summed E-state index contributed by atoms with van der Waals surface area (Å²) in [6, 6.07) is 0.495. The van der Waals surface area contributed by atoms with Gasteiger partial charge in [0.05, 0.1) is 33.2 Å². The number of rotatable bonds is 2. The van der Waals surface area contributed by atoms with Crippen LogP contribution in [0.15, 0.2) is 0 Å². The Kier molecular flexibility index (Phi) is 4.62. The van der Waals surface area contributed by atoms with Crippen molar-refractivity contribution in [2.45, 2.75) is 26.3 Å². The van der Waals surface area contributed by atoms with Gasteiger partial charge in [-0.25, -0.2) is 0 Å². The minimum Gasteiger partial charge on any atom is -0.360 e. The fraction of sp³-hybridized carbons (Fsp3) is 0.900. The van der Waals surface area contributed by atoms with Crippen LogP contribution in [0.25, 0.3) is 0 Å². The van der Waals surface area contributed by atoms with E-state index in [2.05, 4.69) is 31.1 Å². The Balaban J connectivity index is 2.30. The topological polar surface area (TPSA) is 19.7 Å². The minimum absolute atomic E-state index is 0.495. The minimum atomic E-state index is 0.495. The quantitative estimate of drug-likeness (QED) is 0.607. The van der Waals surface area contributed by atoms with Gasteiger partial charge in [0.25, 0.3) is 0 Å². The third-order valence-corrected chi connectivity index (χ3v) is 3.26. The molecule has 3 nitrogen and oxygen atoms in total. The van der Waals surface area contributed by atoms with Gasteiger partial charge in [-0.15, -0.1) is 0 Å². The second-order valence-electron chi connectivity index (χ2n) is 4.20. The van der Waals surface area contributed by atoms with Gasteiger partial charge in [0.15, 0.2) is 5.11 Å². The molecule has 4 heteroatoms. The predicted molar refractivity (Wildman–Crippen MR) is 63.7 cm³/mol. The number of piperazine rings is 1. The van der Waals surface area contributed by atoms with Gasteiger partial charge in [-0.05, 0) is 25.6 Å². The van der Waals surface area contributed by atoms with Gasteiger partial charge in [0.1, 0.15) is 0 Å². The summed E-state index contributed by atoms with van der Waals surface area (Å²) < 4.78 is 0. The van der Waals surface area contributed by atoms with Crippen LogP contribution < -0.4 is 10.2 Å². The monoisotopic (exact) mass is 216 g/mol. The molecular weight excluding hydrogens is 194 g/mol. The Hall–Kier alpha value is -0.350. The number of nitrogens with zero attached hydrogens (tertiary/aromatic N) is 1. The molecule has 1 aliphatic rings. The van der Waals surface area contributed by atoms with Crippen molar-refractivity contribution in [2.24, 2.45) is 0 Å². The molecule has 0 aromatic rings. The first-order valence-electron chi connectivity index (χ1n) is 5.50. The van der Waals surface area contributed by atoms with Crippen molar-refractivity contribution in [1.29, 1.82) is 0 Å². The highest BCUT2D eigenvalue weighted by Crippen LogP contribution is 1.95. The molecule has 2 N–H and O–H groups in total. The molecule has 0 unspecified atom stereocenters. The summed E-state index contributed by atoms with van der Waals surface area (Å²) in [6.07, 6.45) is 1.12. The van der Waals surface area contributed by atoms with Crippen LogP contribution >= 0.6 is 12.2 Å². The van der Waals surface area contributed by atoms with Crippen LogP contribution in [0.4, 0.5) is 0 Å². The lowest BCUT2D eigenvalue weighted by atomic mass is 10.3. The van der Waals surface area contributed by atoms with Crippen LogP contribution in [0.1, 0.15) is 20.3 Å². The SMILES string of the molecule is CC[C@H](C)NC(=S)N1CC[NH+](C)CC1. The van der Waals surface area contributed by atoms with Gasteiger partial charge in [-0.1, -0.05) is 6.92 Å². The zero-order valence-electron chi connectivity index (χ0n) is 9.47. The standard InChI is InChI=1S/C10H21N3S/c1-4-9(2)11-10(14)13-7-5-12(3)6-8-13/h9H,4-8H2,1-3H3,(H,11,14)/p+1/t9-/m0/s1. The van der Waals surface area contributed by atoms with E-state index >= 15 is 0 Å². The summed E-state index contributed by atoms with van der Waals surface area (Å²) in [6.45, 7) is 8.93. The summed E-state index contributed by atoms with van der Waals surface area (Å²) in [5, 5.41) is 4.30. The van der Waals surface area contributed by atoms with Gasteiger partial charge < -0.3 is 15.1 Å². The first-order chi connectivity index (χ1) is 6.63. The van der Waals surface area contributed by atoms with E-state index in [1.54, 1.807) is 4.90 Å². The van der Waals surface area contributed by atoms with E-state index in [9.17, 15) is 0 Å². The van der Waals surface area contributed by atoms with Crippen LogP contribution in [0, 0.1) is 0 Å². The van der Waals surface area contributed by atoms with E-state index in [0.717, 1.165) is 24.6 Å². The van der Waals surface area contributed by atoms with Crippen molar-refractivity contribution in [2.75, 3.05) is 33.2 Å². The van der Waals surface area contributed by atoms with Crippen molar-refractivity contribution in [3.8, 4) is 0 Å². The lowest BCUT2D eigenvalue weighted by molar-refractivity contribution is -0.883. The molecule has 1 saturated heterocycles. The molecule has 14 heavy (non-hydrogen) atoms. The molecule has 0 saturated carbocycles. The van der Waals surface area contributed by atoms with E-state index < -0.39 is 0 Å². The van der Waals surface area contributed by atoms with Gasteiger partial charge in [0, 0.05) is 6.04 Å². The van der Waals surface area contributed by atoms with Crippen LogP contribution in [-0.2, 0) is 0 Å². The Bertz CT molecular complexity index is 188. The van der Waals surface area contributed by atoms with Crippen molar-refractivity contribution >= 4 is 17.3 Å². The molecule has 1 aliphatic heterocycles. The molecule has 0 aromatic carbocycles. The highest BCUT2D eigenvalue weighted by atomic mass is 32.1. The number of quaternary nitrogens is 1. The summed E-state index contributed by atoms with van der Waals surface area (Å²) >= 11 is 5.36. The van der Waals surface area contributed by atoms with E-state index in [1.165, 1.54) is 13.1 Å². The fourth-order valence-corrected chi connectivity index (χ4v) is 1.88. The Morgan fingerprint density at radius 2 is 2.07 bits per heavy atom. The summed E-state index contributed by atoms with van der Waals surface area (Å²) in [4.78, 5) is 3.89. The van der Waals surface area contributed by atoms with Gasteiger partial charge in [-0.3, -0.25) is 0 Å². The van der Waals surface area contributed by atoms with E-state index in [1.807, 2.05) is 0 Å². The average Bonchev–Trinajstić information content (AvgIpc) is 2.18. The summed E-state index contributed by atoms with van der Waals surface area (Å²) in [7, 11) is 2.24. The number of nitrogens with one attached hydrogen (secondary N) is 2. The molecular formula is C10H22N3S+. The maximum Gasteiger partial charge on any atom is 0.169 e. The van der Waals surface area contributed by atoms with Gasteiger partial charge >= 0.3 is 0 Å². The van der Waals surface area contributed by atoms with Gasteiger partial charge in [-0.2, -0.15) is 0 Å². The smallest absolute Gasteiger partial charge is 0.169 e. The second kappa shape index (κ2) is 5.51. The number of hydrogen-bond donors (Lipinski definition) is 2. The largest absolute Gasteiger partial charge is 0.360 e. The molecule has 0 aliphatic carbocycles. The molecule has 0 bridgehead atoms. The number of likely N-dealkylation sites (N-methyl/N-ethyl adjacent to an activating group) is 1. The van der Waals surface area contributed by atoms with Gasteiger partial charge in [0.2, 0.25) is 0 Å². The third kappa shape index (κ3) is 3.42. The number of thiocarbonyl (C=S) groups is 1. The van der Waals surface area contributed by atoms with Crippen LogP contribution in [0.5, 0.6) is 0 Å². The highest BCUT2D eigenvalue weighted by molar-refractivity contribution is 7.80. The maximum atomic E-state index is 5.36. The molecule has 0 spiro atoms. The molecule has 0 radical (unpaired) electrons. The molecule has 1 rings (SSSR count). The molecule has 82 valence electrons. The lowest BCUT2D eigenvalue weighted by Crippen LogP contribution is -3.12. The summed E-state index contributed by atoms with van der Waals surface area (Å²) in [5.41, 5.74) is 0. The zero-order chi connectivity index (χ0) is 10.6. The van der Waals surface area contributed by atoms with Crippen LogP contribution in [0.2, 0.25) is 0 Å². The molecule has 0 amide bonds. The fourth-order valence-electron chi connectivity index (χ4n) is 1.50. The predicted octanol–water partition coefficient (Wildman–Crippen LogP) is -0.510. The molecule has 1 heterocycles. The van der Waals surface area contributed by atoms with Crippen molar-refractivity contribution in [1.82, 2.24) is 10.2 Å². The first kappa shape index (κ1) is 11.7.